The van der Waals surface area contributed by atoms with E-state index in [4.69, 9.17) is 11.6 Å². The Labute approximate surface area is 144 Å². The van der Waals surface area contributed by atoms with E-state index in [0.29, 0.717) is 5.70 Å². The Balaban J connectivity index is 2.52. The Morgan fingerprint density at radius 1 is 0.958 bits per heavy atom. The molecule has 0 aliphatic heterocycles. The molecule has 0 amide bonds. The first kappa shape index (κ1) is 17.5. The maximum Gasteiger partial charge on any atom is 0.230 e. The molecular weight excluding hydrogens is 294 g/mol. The molecule has 2 aromatic carbocycles. The van der Waals surface area contributed by atoms with Gasteiger partial charge >= 0.3 is 0 Å². The first-order chi connectivity index (χ1) is 11.4. The fourth-order valence-electron chi connectivity index (χ4n) is 2.30. The smallest absolute Gasteiger partial charge is 0.230 e. The van der Waals surface area contributed by atoms with Crippen molar-refractivity contribution in [2.75, 3.05) is 5.32 Å². The molecule has 0 atom stereocenters. The Kier molecular flexibility index (Phi) is 5.55. The minimum atomic E-state index is -0.270. The number of rotatable bonds is 4. The molecule has 1 N–H and O–H groups in total. The quantitative estimate of drug-likeness (QED) is 0.582. The number of hydrogen-bond acceptors (Lipinski definition) is 2. The predicted octanol–water partition coefficient (Wildman–Crippen LogP) is 5.54. The zero-order valence-electron chi connectivity index (χ0n) is 14.7. The predicted molar refractivity (Wildman–Crippen MR) is 102 cm³/mol. The lowest BCUT2D eigenvalue weighted by Crippen LogP contribution is -2.17. The standard InChI is InChI=1S/C21H23N3/c1-16(23-18-14-10-7-11-15-18)19(22-5)20(24-21(2,3)4)17-12-8-6-9-13-17/h6-15,23H,1-4H3. The second kappa shape index (κ2) is 7.61. The number of aliphatic imine (C=N–C) groups is 1. The van der Waals surface area contributed by atoms with E-state index in [1.54, 1.807) is 0 Å². The molecule has 0 fully saturated rings. The van der Waals surface area contributed by atoms with Gasteiger partial charge in [0, 0.05) is 11.4 Å². The Hall–Kier alpha value is -2.86. The molecule has 24 heavy (non-hydrogen) atoms. The van der Waals surface area contributed by atoms with Crippen molar-refractivity contribution < 1.29 is 0 Å². The van der Waals surface area contributed by atoms with Crippen molar-refractivity contribution in [3.8, 4) is 0 Å². The molecule has 0 aliphatic rings. The van der Waals surface area contributed by atoms with Crippen LogP contribution >= 0.6 is 0 Å². The van der Waals surface area contributed by atoms with Crippen LogP contribution in [0.1, 0.15) is 33.3 Å². The van der Waals surface area contributed by atoms with Crippen LogP contribution in [-0.2, 0) is 0 Å². The van der Waals surface area contributed by atoms with Crippen LogP contribution in [0, 0.1) is 6.57 Å². The molecular formula is C21H23N3. The maximum atomic E-state index is 7.69. The molecule has 0 spiro atoms. The fourth-order valence-corrected chi connectivity index (χ4v) is 2.30. The van der Waals surface area contributed by atoms with Gasteiger partial charge in [0.1, 0.15) is 0 Å². The molecule has 0 saturated carbocycles. The van der Waals surface area contributed by atoms with E-state index in [0.717, 1.165) is 22.7 Å². The molecule has 0 unspecified atom stereocenters. The summed E-state index contributed by atoms with van der Waals surface area (Å²) in [7, 11) is 0. The van der Waals surface area contributed by atoms with Gasteiger partial charge in [-0.3, -0.25) is 4.99 Å². The lowest BCUT2D eigenvalue weighted by molar-refractivity contribution is 0.584. The van der Waals surface area contributed by atoms with Crippen LogP contribution in [0.2, 0.25) is 0 Å². The summed E-state index contributed by atoms with van der Waals surface area (Å²) < 4.78 is 0. The molecule has 122 valence electrons. The average molecular weight is 317 g/mol. The van der Waals surface area contributed by atoms with Gasteiger partial charge in [0.2, 0.25) is 5.70 Å². The minimum Gasteiger partial charge on any atom is -0.369 e. The summed E-state index contributed by atoms with van der Waals surface area (Å²) in [6.45, 7) is 15.7. The van der Waals surface area contributed by atoms with Crippen molar-refractivity contribution in [3.63, 3.8) is 0 Å². The van der Waals surface area contributed by atoms with Crippen LogP contribution in [0.3, 0.4) is 0 Å². The molecule has 2 rings (SSSR count). The summed E-state index contributed by atoms with van der Waals surface area (Å²) in [6.07, 6.45) is 0. The summed E-state index contributed by atoms with van der Waals surface area (Å²) in [5.41, 5.74) is 3.70. The van der Waals surface area contributed by atoms with Gasteiger partial charge < -0.3 is 5.32 Å². The lowest BCUT2D eigenvalue weighted by atomic mass is 10.0. The van der Waals surface area contributed by atoms with E-state index < -0.39 is 0 Å². The third kappa shape index (κ3) is 4.82. The van der Waals surface area contributed by atoms with Crippen molar-refractivity contribution in [3.05, 3.63) is 89.0 Å². The number of nitrogens with zero attached hydrogens (tertiary/aromatic N) is 2. The van der Waals surface area contributed by atoms with Crippen molar-refractivity contribution in [1.29, 1.82) is 0 Å². The van der Waals surface area contributed by atoms with E-state index in [-0.39, 0.29) is 5.54 Å². The first-order valence-electron chi connectivity index (χ1n) is 7.97. The second-order valence-corrected chi connectivity index (χ2v) is 6.57. The van der Waals surface area contributed by atoms with Crippen LogP contribution in [0.15, 0.2) is 77.1 Å². The number of benzene rings is 2. The van der Waals surface area contributed by atoms with E-state index >= 15 is 0 Å². The summed E-state index contributed by atoms with van der Waals surface area (Å²) in [5.74, 6) is 0. The summed E-state index contributed by atoms with van der Waals surface area (Å²) >= 11 is 0. The molecule has 2 aromatic rings. The SMILES string of the molecule is [C-]#[N+]C(C(=NC(C)(C)C)c1ccccc1)=C(C)Nc1ccccc1. The highest BCUT2D eigenvalue weighted by Crippen LogP contribution is 2.21. The number of hydrogen-bond donors (Lipinski definition) is 1. The highest BCUT2D eigenvalue weighted by molar-refractivity contribution is 6.14. The van der Waals surface area contributed by atoms with E-state index in [9.17, 15) is 0 Å². The minimum absolute atomic E-state index is 0.270. The fraction of sp³-hybridized carbons (Fsp3) is 0.238. The van der Waals surface area contributed by atoms with Gasteiger partial charge in [-0.25, -0.2) is 4.85 Å². The second-order valence-electron chi connectivity index (χ2n) is 6.57. The Bertz CT molecular complexity index is 773. The third-order valence-corrected chi connectivity index (χ3v) is 3.29. The van der Waals surface area contributed by atoms with Gasteiger partial charge in [-0.1, -0.05) is 48.5 Å². The topological polar surface area (TPSA) is 28.8 Å². The Morgan fingerprint density at radius 2 is 1.50 bits per heavy atom. The van der Waals surface area contributed by atoms with Gasteiger partial charge in [-0.2, -0.15) is 0 Å². The number of nitrogens with one attached hydrogen (secondary N) is 1. The van der Waals surface area contributed by atoms with Gasteiger partial charge in [0.15, 0.2) is 0 Å². The van der Waals surface area contributed by atoms with Gasteiger partial charge in [0.25, 0.3) is 0 Å². The van der Waals surface area contributed by atoms with E-state index in [1.165, 1.54) is 0 Å². The highest BCUT2D eigenvalue weighted by Gasteiger charge is 2.18. The normalized spacial score (nSPS) is 13.0. The number of anilines is 1. The molecule has 3 heteroatoms. The van der Waals surface area contributed by atoms with Gasteiger partial charge in [0.05, 0.1) is 17.8 Å². The van der Waals surface area contributed by atoms with Crippen molar-refractivity contribution in [1.82, 2.24) is 0 Å². The van der Waals surface area contributed by atoms with Crippen molar-refractivity contribution >= 4 is 11.4 Å². The zero-order chi connectivity index (χ0) is 17.6. The van der Waals surface area contributed by atoms with Crippen LogP contribution in [-0.4, -0.2) is 11.3 Å². The van der Waals surface area contributed by atoms with Crippen LogP contribution in [0.4, 0.5) is 5.69 Å². The largest absolute Gasteiger partial charge is 0.369 e. The summed E-state index contributed by atoms with van der Waals surface area (Å²) in [4.78, 5) is 8.60. The number of allylic oxidation sites excluding steroid dienone is 2. The zero-order valence-corrected chi connectivity index (χ0v) is 14.7. The summed E-state index contributed by atoms with van der Waals surface area (Å²) in [6, 6.07) is 19.7. The van der Waals surface area contributed by atoms with Crippen molar-refractivity contribution in [2.45, 2.75) is 33.2 Å². The van der Waals surface area contributed by atoms with Crippen LogP contribution in [0.25, 0.3) is 4.85 Å². The van der Waals surface area contributed by atoms with Gasteiger partial charge in [-0.15, -0.1) is 0 Å². The Morgan fingerprint density at radius 3 is 2.00 bits per heavy atom. The maximum absolute atomic E-state index is 7.69. The molecule has 0 aromatic heterocycles. The molecule has 0 saturated heterocycles. The van der Waals surface area contributed by atoms with Gasteiger partial charge in [-0.05, 0) is 45.4 Å². The number of para-hydroxylation sites is 1. The molecule has 0 radical (unpaired) electrons. The first-order valence-corrected chi connectivity index (χ1v) is 7.97. The summed E-state index contributed by atoms with van der Waals surface area (Å²) in [5, 5.41) is 3.31. The van der Waals surface area contributed by atoms with E-state index in [2.05, 4.69) is 10.2 Å². The van der Waals surface area contributed by atoms with Crippen LogP contribution in [0.5, 0.6) is 0 Å². The third-order valence-electron chi connectivity index (χ3n) is 3.29. The average Bonchev–Trinajstić information content (AvgIpc) is 2.55. The van der Waals surface area contributed by atoms with E-state index in [1.807, 2.05) is 88.4 Å². The lowest BCUT2D eigenvalue weighted by Gasteiger charge is -2.18. The molecule has 0 heterocycles. The highest BCUT2D eigenvalue weighted by atomic mass is 14.9. The molecule has 3 nitrogen and oxygen atoms in total. The van der Waals surface area contributed by atoms with Crippen LogP contribution < -0.4 is 5.32 Å². The molecule has 0 bridgehead atoms. The molecule has 0 aliphatic carbocycles. The monoisotopic (exact) mass is 317 g/mol. The van der Waals surface area contributed by atoms with Crippen molar-refractivity contribution in [2.24, 2.45) is 4.99 Å².